The molecule has 1 atom stereocenters. The lowest BCUT2D eigenvalue weighted by Crippen LogP contribution is -2.34. The van der Waals surface area contributed by atoms with Gasteiger partial charge in [0.05, 0.1) is 13.7 Å². The molecule has 0 bridgehead atoms. The summed E-state index contributed by atoms with van der Waals surface area (Å²) >= 11 is 0. The van der Waals surface area contributed by atoms with Crippen molar-refractivity contribution in [3.8, 4) is 0 Å². The Balaban J connectivity index is 2.43. The smallest absolute Gasteiger partial charge is 0.338 e. The van der Waals surface area contributed by atoms with Crippen LogP contribution in [0.4, 0.5) is 0 Å². The van der Waals surface area contributed by atoms with Gasteiger partial charge in [0.25, 0.3) is 0 Å². The van der Waals surface area contributed by atoms with Gasteiger partial charge in [-0.3, -0.25) is 4.79 Å². The summed E-state index contributed by atoms with van der Waals surface area (Å²) in [6.07, 6.45) is 0.351. The van der Waals surface area contributed by atoms with Crippen LogP contribution < -0.4 is 0 Å². The molecule has 1 saturated heterocycles. The number of hydrogen-bond acceptors (Lipinski definition) is 5. The minimum atomic E-state index is -1.48. The van der Waals surface area contributed by atoms with Crippen molar-refractivity contribution in [3.63, 3.8) is 0 Å². The molecule has 0 spiro atoms. The van der Waals surface area contributed by atoms with E-state index in [4.69, 9.17) is 0 Å². The van der Waals surface area contributed by atoms with E-state index in [9.17, 15) is 14.7 Å². The van der Waals surface area contributed by atoms with Gasteiger partial charge in [-0.25, -0.2) is 4.79 Å². The molecular formula is C8H12O5. The van der Waals surface area contributed by atoms with Crippen LogP contribution in [0.5, 0.6) is 0 Å². The quantitative estimate of drug-likeness (QED) is 0.611. The first-order valence-electron chi connectivity index (χ1n) is 4.05. The third kappa shape index (κ3) is 2.18. The maximum absolute atomic E-state index is 11.0. The highest BCUT2D eigenvalue weighted by molar-refractivity contribution is 5.82. The van der Waals surface area contributed by atoms with Crippen LogP contribution >= 0.6 is 0 Å². The molecule has 1 aliphatic heterocycles. The van der Waals surface area contributed by atoms with Crippen molar-refractivity contribution in [2.24, 2.45) is 0 Å². The fraction of sp³-hybridized carbons (Fsp3) is 0.750. The van der Waals surface area contributed by atoms with Crippen molar-refractivity contribution < 1.29 is 24.2 Å². The minimum absolute atomic E-state index is 0.0299. The summed E-state index contributed by atoms with van der Waals surface area (Å²) in [7, 11) is 1.26. The van der Waals surface area contributed by atoms with Crippen LogP contribution in [0.1, 0.15) is 19.3 Å². The summed E-state index contributed by atoms with van der Waals surface area (Å²) in [6, 6.07) is 0. The van der Waals surface area contributed by atoms with Crippen LogP contribution in [0.25, 0.3) is 0 Å². The van der Waals surface area contributed by atoms with Gasteiger partial charge in [0.15, 0.2) is 5.60 Å². The molecule has 0 aliphatic carbocycles. The molecule has 1 rings (SSSR count). The number of methoxy groups -OCH3 is 1. The molecule has 0 amide bonds. The highest BCUT2D eigenvalue weighted by Crippen LogP contribution is 2.25. The average Bonchev–Trinajstić information content (AvgIpc) is 2.44. The van der Waals surface area contributed by atoms with Crippen molar-refractivity contribution >= 4 is 11.9 Å². The third-order valence-electron chi connectivity index (χ3n) is 2.10. The van der Waals surface area contributed by atoms with Crippen molar-refractivity contribution in [2.45, 2.75) is 24.9 Å². The molecule has 5 heteroatoms. The lowest BCUT2D eigenvalue weighted by molar-refractivity contribution is -0.154. The summed E-state index contributed by atoms with van der Waals surface area (Å²) in [6.45, 7) is 0.219. The Kier molecular flexibility index (Phi) is 2.87. The van der Waals surface area contributed by atoms with Gasteiger partial charge in [0.1, 0.15) is 0 Å². The largest absolute Gasteiger partial charge is 0.469 e. The van der Waals surface area contributed by atoms with Crippen LogP contribution in [0, 0.1) is 0 Å². The zero-order chi connectivity index (χ0) is 9.90. The summed E-state index contributed by atoms with van der Waals surface area (Å²) in [5.41, 5.74) is -1.48. The Hall–Kier alpha value is -1.10. The maximum Gasteiger partial charge on any atom is 0.338 e. The average molecular weight is 188 g/mol. The molecule has 5 nitrogen and oxygen atoms in total. The fourth-order valence-corrected chi connectivity index (χ4v) is 1.19. The Labute approximate surface area is 75.6 Å². The standard InChI is InChI=1S/C8H12O5/c1-12-6(9)2-3-8(11)4-5-13-7(8)10/h11H,2-5H2,1H3/t8-/m0/s1. The Morgan fingerprint density at radius 3 is 2.92 bits per heavy atom. The third-order valence-corrected chi connectivity index (χ3v) is 2.10. The van der Waals surface area contributed by atoms with Crippen LogP contribution in [0.15, 0.2) is 0 Å². The Bertz CT molecular complexity index is 225. The van der Waals surface area contributed by atoms with E-state index in [0.717, 1.165) is 0 Å². The van der Waals surface area contributed by atoms with E-state index in [2.05, 4.69) is 9.47 Å². The van der Waals surface area contributed by atoms with Crippen molar-refractivity contribution in [1.29, 1.82) is 0 Å². The molecule has 0 saturated carbocycles. The van der Waals surface area contributed by atoms with Gasteiger partial charge in [-0.2, -0.15) is 0 Å². The molecule has 1 heterocycles. The van der Waals surface area contributed by atoms with Crippen LogP contribution in [-0.4, -0.2) is 36.4 Å². The molecule has 0 aromatic carbocycles. The molecule has 0 radical (unpaired) electrons. The molecular weight excluding hydrogens is 176 g/mol. The Morgan fingerprint density at radius 1 is 1.77 bits per heavy atom. The topological polar surface area (TPSA) is 72.8 Å². The van der Waals surface area contributed by atoms with Crippen LogP contribution in [-0.2, 0) is 19.1 Å². The molecule has 1 fully saturated rings. The first-order chi connectivity index (χ1) is 6.08. The summed E-state index contributed by atoms with van der Waals surface area (Å²) in [4.78, 5) is 21.7. The van der Waals surface area contributed by atoms with Crippen LogP contribution in [0.2, 0.25) is 0 Å². The van der Waals surface area contributed by atoms with E-state index < -0.39 is 17.5 Å². The van der Waals surface area contributed by atoms with E-state index in [1.54, 1.807) is 0 Å². The van der Waals surface area contributed by atoms with E-state index in [0.29, 0.717) is 0 Å². The van der Waals surface area contributed by atoms with Gasteiger partial charge in [-0.15, -0.1) is 0 Å². The minimum Gasteiger partial charge on any atom is -0.469 e. The highest BCUT2D eigenvalue weighted by Gasteiger charge is 2.42. The van der Waals surface area contributed by atoms with Gasteiger partial charge in [-0.05, 0) is 6.42 Å². The maximum atomic E-state index is 11.0. The zero-order valence-corrected chi connectivity index (χ0v) is 7.41. The predicted octanol–water partition coefficient (Wildman–Crippen LogP) is -0.382. The molecule has 74 valence electrons. The second-order valence-corrected chi connectivity index (χ2v) is 2.99. The SMILES string of the molecule is COC(=O)CC[C@]1(O)CCOC1=O. The second-order valence-electron chi connectivity index (χ2n) is 2.99. The van der Waals surface area contributed by atoms with E-state index in [1.807, 2.05) is 0 Å². The van der Waals surface area contributed by atoms with Crippen LogP contribution in [0.3, 0.4) is 0 Å². The van der Waals surface area contributed by atoms with E-state index in [1.165, 1.54) is 7.11 Å². The molecule has 1 N–H and O–H groups in total. The second kappa shape index (κ2) is 3.74. The van der Waals surface area contributed by atoms with Gasteiger partial charge < -0.3 is 14.6 Å². The van der Waals surface area contributed by atoms with E-state index >= 15 is 0 Å². The summed E-state index contributed by atoms with van der Waals surface area (Å²) in [5.74, 6) is -1.08. The molecule has 13 heavy (non-hydrogen) atoms. The number of ether oxygens (including phenoxy) is 2. The lowest BCUT2D eigenvalue weighted by Gasteiger charge is -2.15. The molecule has 1 aliphatic rings. The van der Waals surface area contributed by atoms with Crippen molar-refractivity contribution in [1.82, 2.24) is 0 Å². The predicted molar refractivity (Wildman–Crippen MR) is 41.8 cm³/mol. The fourth-order valence-electron chi connectivity index (χ4n) is 1.19. The van der Waals surface area contributed by atoms with E-state index in [-0.39, 0.29) is 25.9 Å². The number of cyclic esters (lactones) is 1. The van der Waals surface area contributed by atoms with Gasteiger partial charge >= 0.3 is 11.9 Å². The van der Waals surface area contributed by atoms with Crippen molar-refractivity contribution in [3.05, 3.63) is 0 Å². The number of rotatable bonds is 3. The number of carbonyl (C=O) groups excluding carboxylic acids is 2. The monoisotopic (exact) mass is 188 g/mol. The molecule has 0 aromatic heterocycles. The van der Waals surface area contributed by atoms with Gasteiger partial charge in [-0.1, -0.05) is 0 Å². The summed E-state index contributed by atoms with van der Waals surface area (Å²) in [5, 5.41) is 9.62. The zero-order valence-electron chi connectivity index (χ0n) is 7.41. The normalized spacial score (nSPS) is 27.1. The number of esters is 2. The summed E-state index contributed by atoms with van der Waals surface area (Å²) < 4.78 is 8.98. The highest BCUT2D eigenvalue weighted by atomic mass is 16.6. The number of carbonyl (C=O) groups is 2. The number of aliphatic hydroxyl groups is 1. The first-order valence-corrected chi connectivity index (χ1v) is 4.05. The lowest BCUT2D eigenvalue weighted by atomic mass is 9.96. The Morgan fingerprint density at radius 2 is 2.46 bits per heavy atom. The van der Waals surface area contributed by atoms with Gasteiger partial charge in [0, 0.05) is 12.8 Å². The van der Waals surface area contributed by atoms with Gasteiger partial charge in [0.2, 0.25) is 0 Å². The number of hydrogen-bond donors (Lipinski definition) is 1. The van der Waals surface area contributed by atoms with Crippen molar-refractivity contribution in [2.75, 3.05) is 13.7 Å². The molecule has 0 aromatic rings. The molecule has 0 unspecified atom stereocenters. The first kappa shape index (κ1) is 9.98.